The number of carboxylic acid groups (broad SMARTS) is 1. The van der Waals surface area contributed by atoms with E-state index in [4.69, 9.17) is 5.11 Å². The van der Waals surface area contributed by atoms with Gasteiger partial charge in [0.1, 0.15) is 5.01 Å². The quantitative estimate of drug-likeness (QED) is 0.718. The Morgan fingerprint density at radius 3 is 2.60 bits per heavy atom. The van der Waals surface area contributed by atoms with E-state index in [0.717, 1.165) is 11.4 Å². The summed E-state index contributed by atoms with van der Waals surface area (Å²) in [4.78, 5) is 28.1. The molecular weight excluding hydrogens is 278 g/mol. The number of carbonyl (C=O) groups excluding carboxylic acids is 1. The summed E-state index contributed by atoms with van der Waals surface area (Å²) in [5.74, 6) is -0.909. The predicted octanol–water partition coefficient (Wildman–Crippen LogP) is 2.01. The topological polar surface area (TPSA) is 91.3 Å². The zero-order valence-electron chi connectivity index (χ0n) is 12.0. The Morgan fingerprint density at radius 2 is 2.10 bits per heavy atom. The number of aliphatic carboxylic acids is 1. The molecule has 3 N–H and O–H groups in total. The lowest BCUT2D eigenvalue weighted by Gasteiger charge is -2.23. The molecule has 0 fully saturated rings. The van der Waals surface area contributed by atoms with Crippen molar-refractivity contribution in [1.82, 2.24) is 15.6 Å². The van der Waals surface area contributed by atoms with Gasteiger partial charge in [0.2, 0.25) is 0 Å². The van der Waals surface area contributed by atoms with Gasteiger partial charge in [-0.3, -0.25) is 4.79 Å². The normalized spacial score (nSPS) is 13.6. The first kappa shape index (κ1) is 16.4. The lowest BCUT2D eigenvalue weighted by molar-refractivity contribution is -0.147. The third kappa shape index (κ3) is 4.48. The molecule has 1 aromatic heterocycles. The van der Waals surface area contributed by atoms with Gasteiger partial charge in [-0.25, -0.2) is 9.78 Å². The van der Waals surface area contributed by atoms with E-state index in [9.17, 15) is 9.59 Å². The second-order valence-electron chi connectivity index (χ2n) is 4.83. The van der Waals surface area contributed by atoms with Gasteiger partial charge in [0.25, 0.3) is 0 Å². The number of aromatic nitrogens is 1. The molecule has 20 heavy (non-hydrogen) atoms. The predicted molar refractivity (Wildman–Crippen MR) is 77.8 cm³/mol. The minimum Gasteiger partial charge on any atom is -0.481 e. The van der Waals surface area contributed by atoms with Gasteiger partial charge in [-0.05, 0) is 19.8 Å². The Kier molecular flexibility index (Phi) is 5.94. The second-order valence-corrected chi connectivity index (χ2v) is 6.03. The van der Waals surface area contributed by atoms with E-state index in [2.05, 4.69) is 22.5 Å². The molecule has 0 saturated heterocycles. The average molecular weight is 299 g/mol. The first-order chi connectivity index (χ1) is 9.41. The van der Waals surface area contributed by atoms with Crippen LogP contribution in [-0.4, -0.2) is 28.6 Å². The van der Waals surface area contributed by atoms with Crippen LogP contribution in [0.4, 0.5) is 4.79 Å². The fraction of sp³-hybridized carbons (Fsp3) is 0.615. The molecule has 6 nitrogen and oxygen atoms in total. The van der Waals surface area contributed by atoms with Gasteiger partial charge >= 0.3 is 12.0 Å². The summed E-state index contributed by atoms with van der Waals surface area (Å²) in [5.41, 5.74) is -0.937. The van der Waals surface area contributed by atoms with Crippen molar-refractivity contribution in [2.45, 2.75) is 40.2 Å². The van der Waals surface area contributed by atoms with Crippen molar-refractivity contribution in [2.75, 3.05) is 6.54 Å². The van der Waals surface area contributed by atoms with Gasteiger partial charge in [0.05, 0.1) is 12.0 Å². The summed E-state index contributed by atoms with van der Waals surface area (Å²) in [6.07, 6.45) is 3.18. The Hall–Kier alpha value is -1.63. The molecule has 1 heterocycles. The van der Waals surface area contributed by atoms with Crippen LogP contribution >= 0.6 is 11.3 Å². The number of nitrogens with zero attached hydrogens (tertiary/aromatic N) is 1. The third-order valence-corrected chi connectivity index (χ3v) is 4.43. The zero-order valence-corrected chi connectivity index (χ0v) is 12.8. The van der Waals surface area contributed by atoms with Crippen LogP contribution in [0.5, 0.6) is 0 Å². The minimum atomic E-state index is -0.937. The number of thiazole rings is 1. The standard InChI is InChI=1S/C13H21N3O3S/c1-4-9-6-14-10(20-9)7-15-12(19)16-8-13(3,5-2)11(17)18/h6H,4-5,7-8H2,1-3H3,(H,17,18)(H2,15,16,19). The SMILES string of the molecule is CCc1cnc(CNC(=O)NCC(C)(CC)C(=O)O)s1. The number of carboxylic acids is 1. The van der Waals surface area contributed by atoms with Crippen LogP contribution in [0.1, 0.15) is 37.1 Å². The molecule has 0 aromatic carbocycles. The van der Waals surface area contributed by atoms with E-state index in [-0.39, 0.29) is 12.6 Å². The van der Waals surface area contributed by atoms with E-state index >= 15 is 0 Å². The van der Waals surface area contributed by atoms with Gasteiger partial charge < -0.3 is 15.7 Å². The first-order valence-electron chi connectivity index (χ1n) is 6.60. The zero-order chi connectivity index (χ0) is 15.2. The molecule has 0 radical (unpaired) electrons. The van der Waals surface area contributed by atoms with Crippen molar-refractivity contribution in [3.8, 4) is 0 Å². The highest BCUT2D eigenvalue weighted by Crippen LogP contribution is 2.19. The molecule has 0 spiro atoms. The number of rotatable bonds is 7. The van der Waals surface area contributed by atoms with Crippen molar-refractivity contribution in [2.24, 2.45) is 5.41 Å². The lowest BCUT2D eigenvalue weighted by atomic mass is 9.88. The third-order valence-electron chi connectivity index (χ3n) is 3.29. The largest absolute Gasteiger partial charge is 0.481 e. The molecule has 0 aliphatic heterocycles. The summed E-state index contributed by atoms with van der Waals surface area (Å²) in [6, 6.07) is -0.376. The smallest absolute Gasteiger partial charge is 0.315 e. The molecule has 1 atom stereocenters. The molecule has 1 rings (SSSR count). The van der Waals surface area contributed by atoms with Gasteiger partial charge in [-0.2, -0.15) is 0 Å². The van der Waals surface area contributed by atoms with Crippen molar-refractivity contribution in [1.29, 1.82) is 0 Å². The molecular formula is C13H21N3O3S. The van der Waals surface area contributed by atoms with E-state index in [0.29, 0.717) is 13.0 Å². The molecule has 0 saturated carbocycles. The minimum absolute atomic E-state index is 0.0999. The molecule has 2 amide bonds. The fourth-order valence-electron chi connectivity index (χ4n) is 1.44. The molecule has 7 heteroatoms. The number of carbonyl (C=O) groups is 2. The molecule has 0 bridgehead atoms. The maximum Gasteiger partial charge on any atom is 0.315 e. The Bertz CT molecular complexity index is 475. The van der Waals surface area contributed by atoms with Crippen LogP contribution in [0.2, 0.25) is 0 Å². The monoisotopic (exact) mass is 299 g/mol. The van der Waals surface area contributed by atoms with Crippen LogP contribution in [-0.2, 0) is 17.8 Å². The van der Waals surface area contributed by atoms with E-state index in [1.807, 2.05) is 0 Å². The van der Waals surface area contributed by atoms with Crippen molar-refractivity contribution in [3.05, 3.63) is 16.1 Å². The van der Waals surface area contributed by atoms with Crippen LogP contribution in [0, 0.1) is 5.41 Å². The van der Waals surface area contributed by atoms with E-state index < -0.39 is 11.4 Å². The highest BCUT2D eigenvalue weighted by molar-refractivity contribution is 7.11. The van der Waals surface area contributed by atoms with Gasteiger partial charge in [-0.15, -0.1) is 11.3 Å². The summed E-state index contributed by atoms with van der Waals surface area (Å²) >= 11 is 1.56. The van der Waals surface area contributed by atoms with Gasteiger partial charge in [-0.1, -0.05) is 13.8 Å². The van der Waals surface area contributed by atoms with Crippen LogP contribution < -0.4 is 10.6 Å². The lowest BCUT2D eigenvalue weighted by Crippen LogP contribution is -2.44. The Morgan fingerprint density at radius 1 is 1.40 bits per heavy atom. The van der Waals surface area contributed by atoms with Crippen LogP contribution in [0.25, 0.3) is 0 Å². The summed E-state index contributed by atoms with van der Waals surface area (Å²) in [5, 5.41) is 15.2. The highest BCUT2D eigenvalue weighted by Gasteiger charge is 2.31. The van der Waals surface area contributed by atoms with Gasteiger partial charge in [0.15, 0.2) is 0 Å². The van der Waals surface area contributed by atoms with Crippen LogP contribution in [0.15, 0.2) is 6.20 Å². The number of amides is 2. The summed E-state index contributed by atoms with van der Waals surface area (Å²) in [7, 11) is 0. The number of hydrogen-bond donors (Lipinski definition) is 3. The fourth-order valence-corrected chi connectivity index (χ4v) is 2.24. The number of aryl methyl sites for hydroxylation is 1. The summed E-state index contributed by atoms with van der Waals surface area (Å²) in [6.45, 7) is 5.91. The maximum absolute atomic E-state index is 11.6. The number of hydrogen-bond acceptors (Lipinski definition) is 4. The van der Waals surface area contributed by atoms with E-state index in [1.54, 1.807) is 31.4 Å². The molecule has 112 valence electrons. The molecule has 0 aliphatic carbocycles. The van der Waals surface area contributed by atoms with E-state index in [1.165, 1.54) is 4.88 Å². The van der Waals surface area contributed by atoms with Crippen LogP contribution in [0.3, 0.4) is 0 Å². The Labute approximate surface area is 122 Å². The molecule has 1 aromatic rings. The van der Waals surface area contributed by atoms with Crippen molar-refractivity contribution >= 4 is 23.3 Å². The average Bonchev–Trinajstić information content (AvgIpc) is 2.90. The number of nitrogens with one attached hydrogen (secondary N) is 2. The van der Waals surface area contributed by atoms with Crippen molar-refractivity contribution < 1.29 is 14.7 Å². The molecule has 0 aliphatic rings. The molecule has 1 unspecified atom stereocenters. The number of urea groups is 1. The first-order valence-corrected chi connectivity index (χ1v) is 7.41. The Balaban J connectivity index is 2.38. The maximum atomic E-state index is 11.6. The highest BCUT2D eigenvalue weighted by atomic mass is 32.1. The second kappa shape index (κ2) is 7.23. The van der Waals surface area contributed by atoms with Crippen molar-refractivity contribution in [3.63, 3.8) is 0 Å². The van der Waals surface area contributed by atoms with Gasteiger partial charge in [0, 0.05) is 17.6 Å². The summed E-state index contributed by atoms with van der Waals surface area (Å²) < 4.78 is 0.